The highest BCUT2D eigenvalue weighted by Crippen LogP contribution is 2.33. The van der Waals surface area contributed by atoms with Gasteiger partial charge in [-0.05, 0) is 49.5 Å². The van der Waals surface area contributed by atoms with Gasteiger partial charge >= 0.3 is 0 Å². The lowest BCUT2D eigenvalue weighted by molar-refractivity contribution is 0.522. The summed E-state index contributed by atoms with van der Waals surface area (Å²) in [5.41, 5.74) is 4.52. The molecule has 1 nitrogen and oxygen atoms in total. The zero-order chi connectivity index (χ0) is 11.7. The second-order valence-electron chi connectivity index (χ2n) is 5.34. The molecular weight excluding hydrogens is 226 g/mol. The second kappa shape index (κ2) is 5.03. The van der Waals surface area contributed by atoms with Crippen molar-refractivity contribution in [2.24, 2.45) is 0 Å². The molecular formula is C15H21NS. The van der Waals surface area contributed by atoms with Crippen LogP contribution in [0.25, 0.3) is 0 Å². The van der Waals surface area contributed by atoms with Gasteiger partial charge in [0.1, 0.15) is 0 Å². The first-order valence-corrected chi connectivity index (χ1v) is 7.82. The van der Waals surface area contributed by atoms with Crippen LogP contribution in [0.1, 0.15) is 42.0 Å². The van der Waals surface area contributed by atoms with E-state index in [4.69, 9.17) is 0 Å². The lowest BCUT2D eigenvalue weighted by Gasteiger charge is -2.17. The van der Waals surface area contributed by atoms with Gasteiger partial charge in [-0.1, -0.05) is 23.8 Å². The van der Waals surface area contributed by atoms with Gasteiger partial charge in [0.05, 0.1) is 0 Å². The Kier molecular flexibility index (Phi) is 3.44. The van der Waals surface area contributed by atoms with E-state index in [-0.39, 0.29) is 0 Å². The summed E-state index contributed by atoms with van der Waals surface area (Å²) in [6.07, 6.45) is 5.36. The van der Waals surface area contributed by atoms with Crippen molar-refractivity contribution < 1.29 is 0 Å². The lowest BCUT2D eigenvalue weighted by atomic mass is 10.0. The van der Waals surface area contributed by atoms with Crippen molar-refractivity contribution in [1.82, 2.24) is 5.32 Å². The molecule has 2 aliphatic rings. The zero-order valence-electron chi connectivity index (χ0n) is 10.5. The predicted molar refractivity (Wildman–Crippen MR) is 75.7 cm³/mol. The Morgan fingerprint density at radius 3 is 3.12 bits per heavy atom. The van der Waals surface area contributed by atoms with Crippen molar-refractivity contribution in [3.63, 3.8) is 0 Å². The van der Waals surface area contributed by atoms with E-state index in [0.29, 0.717) is 6.04 Å². The summed E-state index contributed by atoms with van der Waals surface area (Å²) >= 11 is 2.15. The molecule has 0 bridgehead atoms. The Labute approximate surface area is 108 Å². The topological polar surface area (TPSA) is 12.0 Å². The van der Waals surface area contributed by atoms with Gasteiger partial charge in [0.25, 0.3) is 0 Å². The molecule has 92 valence electrons. The Morgan fingerprint density at radius 2 is 2.29 bits per heavy atom. The molecule has 1 heterocycles. The van der Waals surface area contributed by atoms with E-state index in [1.807, 2.05) is 0 Å². The van der Waals surface area contributed by atoms with Crippen LogP contribution < -0.4 is 5.32 Å². The van der Waals surface area contributed by atoms with E-state index in [1.54, 1.807) is 11.1 Å². The molecule has 1 aromatic rings. The first-order valence-electron chi connectivity index (χ1n) is 6.77. The molecule has 0 radical (unpaired) electrons. The lowest BCUT2D eigenvalue weighted by Crippen LogP contribution is -2.26. The van der Waals surface area contributed by atoms with E-state index in [2.05, 4.69) is 42.2 Å². The van der Waals surface area contributed by atoms with Crippen LogP contribution in [0.2, 0.25) is 0 Å². The summed E-state index contributed by atoms with van der Waals surface area (Å²) in [4.78, 5) is 0. The van der Waals surface area contributed by atoms with E-state index < -0.39 is 0 Å². The molecule has 2 unspecified atom stereocenters. The molecule has 0 aromatic heterocycles. The molecule has 1 aliphatic carbocycles. The summed E-state index contributed by atoms with van der Waals surface area (Å²) in [6, 6.07) is 7.55. The minimum atomic E-state index is 0.617. The smallest absolute Gasteiger partial charge is 0.0326 e. The molecule has 0 saturated carbocycles. The van der Waals surface area contributed by atoms with Crippen LogP contribution in [0, 0.1) is 6.92 Å². The fourth-order valence-electron chi connectivity index (χ4n) is 3.01. The van der Waals surface area contributed by atoms with Gasteiger partial charge in [0.2, 0.25) is 0 Å². The van der Waals surface area contributed by atoms with Crippen molar-refractivity contribution in [2.75, 3.05) is 12.3 Å². The minimum Gasteiger partial charge on any atom is -0.309 e. The highest BCUT2D eigenvalue weighted by atomic mass is 32.2. The van der Waals surface area contributed by atoms with Crippen molar-refractivity contribution in [2.45, 2.75) is 43.9 Å². The highest BCUT2D eigenvalue weighted by Gasteiger charge is 2.23. The van der Waals surface area contributed by atoms with Gasteiger partial charge in [-0.25, -0.2) is 0 Å². The van der Waals surface area contributed by atoms with E-state index in [0.717, 1.165) is 5.25 Å². The van der Waals surface area contributed by atoms with Gasteiger partial charge in [0.15, 0.2) is 0 Å². The number of hydrogen-bond donors (Lipinski definition) is 1. The number of aryl methyl sites for hydroxylation is 2. The van der Waals surface area contributed by atoms with Crippen molar-refractivity contribution in [1.29, 1.82) is 0 Å². The summed E-state index contributed by atoms with van der Waals surface area (Å²) in [5, 5.41) is 4.65. The normalized spacial score (nSPS) is 27.4. The van der Waals surface area contributed by atoms with Crippen LogP contribution >= 0.6 is 11.8 Å². The molecule has 17 heavy (non-hydrogen) atoms. The van der Waals surface area contributed by atoms with Crippen LogP contribution in [0.5, 0.6) is 0 Å². The van der Waals surface area contributed by atoms with Gasteiger partial charge < -0.3 is 5.32 Å². The van der Waals surface area contributed by atoms with Gasteiger partial charge in [-0.15, -0.1) is 0 Å². The molecule has 0 spiro atoms. The van der Waals surface area contributed by atoms with Crippen LogP contribution in [-0.4, -0.2) is 17.5 Å². The highest BCUT2D eigenvalue weighted by molar-refractivity contribution is 8.00. The van der Waals surface area contributed by atoms with Gasteiger partial charge in [-0.2, -0.15) is 11.8 Å². The number of hydrogen-bond acceptors (Lipinski definition) is 2. The average Bonchev–Trinajstić information content (AvgIpc) is 2.94. The quantitative estimate of drug-likeness (QED) is 0.878. The molecule has 2 atom stereocenters. The van der Waals surface area contributed by atoms with Gasteiger partial charge in [0, 0.05) is 17.8 Å². The first-order chi connectivity index (χ1) is 8.33. The molecule has 3 rings (SSSR count). The molecule has 1 aromatic carbocycles. The fourth-order valence-corrected chi connectivity index (χ4v) is 4.23. The monoisotopic (exact) mass is 247 g/mol. The SMILES string of the molecule is Cc1ccc2c(c1)C(NCC1CCCS1)CC2. The van der Waals surface area contributed by atoms with Crippen molar-refractivity contribution >= 4 is 11.8 Å². The number of nitrogens with one attached hydrogen (secondary N) is 1. The molecule has 2 heteroatoms. The Bertz CT molecular complexity index is 396. The second-order valence-corrected chi connectivity index (χ2v) is 6.75. The third-order valence-electron chi connectivity index (χ3n) is 4.00. The van der Waals surface area contributed by atoms with E-state index in [9.17, 15) is 0 Å². The maximum absolute atomic E-state index is 3.79. The molecule has 0 amide bonds. The zero-order valence-corrected chi connectivity index (χ0v) is 11.4. The molecule has 1 aliphatic heterocycles. The maximum Gasteiger partial charge on any atom is 0.0326 e. The van der Waals surface area contributed by atoms with Crippen molar-refractivity contribution in [3.05, 3.63) is 34.9 Å². The number of thioether (sulfide) groups is 1. The Balaban J connectivity index is 1.64. The summed E-state index contributed by atoms with van der Waals surface area (Å²) in [5.74, 6) is 1.37. The molecule has 1 fully saturated rings. The van der Waals surface area contributed by atoms with Crippen LogP contribution in [0.4, 0.5) is 0 Å². The van der Waals surface area contributed by atoms with E-state index >= 15 is 0 Å². The fraction of sp³-hybridized carbons (Fsp3) is 0.600. The Hall–Kier alpha value is -0.470. The van der Waals surface area contributed by atoms with Gasteiger partial charge in [-0.3, -0.25) is 0 Å². The average molecular weight is 247 g/mol. The largest absolute Gasteiger partial charge is 0.309 e. The summed E-state index contributed by atoms with van der Waals surface area (Å²) in [7, 11) is 0. The van der Waals surface area contributed by atoms with Crippen LogP contribution in [0.15, 0.2) is 18.2 Å². The number of benzene rings is 1. The standard InChI is InChI=1S/C15H21NS/c1-11-4-5-12-6-7-15(14(12)9-11)16-10-13-3-2-8-17-13/h4-5,9,13,15-16H,2-3,6-8,10H2,1H3. The number of rotatable bonds is 3. The molecule has 1 N–H and O–H groups in total. The maximum atomic E-state index is 3.79. The van der Waals surface area contributed by atoms with Crippen molar-refractivity contribution in [3.8, 4) is 0 Å². The number of fused-ring (bicyclic) bond motifs is 1. The summed E-state index contributed by atoms with van der Waals surface area (Å²) < 4.78 is 0. The van der Waals surface area contributed by atoms with Crippen LogP contribution in [-0.2, 0) is 6.42 Å². The van der Waals surface area contributed by atoms with Crippen LogP contribution in [0.3, 0.4) is 0 Å². The third kappa shape index (κ3) is 2.53. The summed E-state index contributed by atoms with van der Waals surface area (Å²) in [6.45, 7) is 3.39. The van der Waals surface area contributed by atoms with E-state index in [1.165, 1.54) is 43.5 Å². The molecule has 1 saturated heterocycles. The minimum absolute atomic E-state index is 0.617. The first kappa shape index (κ1) is 11.6. The third-order valence-corrected chi connectivity index (χ3v) is 5.39. The predicted octanol–water partition coefficient (Wildman–Crippen LogP) is 3.47. The Morgan fingerprint density at radius 1 is 1.35 bits per heavy atom.